The van der Waals surface area contributed by atoms with Gasteiger partial charge in [-0.1, -0.05) is 23.6 Å². The number of nitrogens with zero attached hydrogens (tertiary/aromatic N) is 4. The zero-order valence-electron chi connectivity index (χ0n) is 15.7. The van der Waals surface area contributed by atoms with Gasteiger partial charge >= 0.3 is 19.5 Å². The fourth-order valence-electron chi connectivity index (χ4n) is 2.30. The Hall–Kier alpha value is -3.62. The molecule has 0 saturated carbocycles. The summed E-state index contributed by atoms with van der Waals surface area (Å²) in [4.78, 5) is 15.5. The van der Waals surface area contributed by atoms with Gasteiger partial charge in [-0.2, -0.15) is 0 Å². The van der Waals surface area contributed by atoms with E-state index in [1.54, 1.807) is 24.3 Å². The van der Waals surface area contributed by atoms with Gasteiger partial charge in [-0.05, 0) is 36.4 Å². The molecule has 0 spiro atoms. The molecule has 0 saturated heterocycles. The number of pyridine rings is 4. The molecule has 5 N–H and O–H groups in total. The van der Waals surface area contributed by atoms with Crippen LogP contribution in [0.3, 0.4) is 0 Å². The van der Waals surface area contributed by atoms with Gasteiger partial charge in [-0.3, -0.25) is 19.9 Å². The molecule has 4 heterocycles. The second-order valence-electron chi connectivity index (χ2n) is 5.44. The van der Waals surface area contributed by atoms with Crippen molar-refractivity contribution in [3.05, 3.63) is 73.3 Å². The van der Waals surface area contributed by atoms with E-state index in [-0.39, 0.29) is 70.7 Å². The van der Waals surface area contributed by atoms with Gasteiger partial charge in [0.1, 0.15) is 22.9 Å². The van der Waals surface area contributed by atoms with Crippen molar-refractivity contribution >= 4 is 0 Å². The van der Waals surface area contributed by atoms with Gasteiger partial charge in [-0.25, -0.2) is 0 Å². The van der Waals surface area contributed by atoms with Crippen LogP contribution in [0.2, 0.25) is 0 Å². The number of aromatic nitrogens is 4. The molecule has 0 aromatic carbocycles. The van der Waals surface area contributed by atoms with Crippen LogP contribution >= 0.6 is 0 Å². The topological polar surface area (TPSA) is 171 Å². The Kier molecular flexibility index (Phi) is 9.28. The van der Waals surface area contributed by atoms with Crippen LogP contribution in [-0.2, 0) is 25.0 Å². The Morgan fingerprint density at radius 3 is 1.13 bits per heavy atom. The van der Waals surface area contributed by atoms with E-state index >= 15 is 0 Å². The summed E-state index contributed by atoms with van der Waals surface area (Å²) in [5.41, 5.74) is 0.785. The molecule has 4 aromatic heterocycles. The molecule has 0 amide bonds. The van der Waals surface area contributed by atoms with Gasteiger partial charge in [0.05, 0.1) is 11.4 Å². The van der Waals surface area contributed by atoms with E-state index < -0.39 is 0 Å². The number of hydrogen-bond acceptors (Lipinski definition) is 8. The molecule has 0 radical (unpaired) electrons. The SMILES string of the molecule is [O-]c1cccnc1-c1ncccc1O.[O-]c1cccnc1-c1ncccc1O.[OH3+].[Zn+2]. The first-order valence-corrected chi connectivity index (χ1v) is 8.10. The van der Waals surface area contributed by atoms with E-state index in [4.69, 9.17) is 0 Å². The average Bonchev–Trinajstić information content (AvgIpc) is 2.71. The predicted octanol–water partition coefficient (Wildman–Crippen LogP) is 0.921. The summed E-state index contributed by atoms with van der Waals surface area (Å²) in [6.07, 6.45) is 5.99. The molecule has 0 aliphatic rings. The van der Waals surface area contributed by atoms with Crippen LogP contribution in [0.5, 0.6) is 23.0 Å². The molecule has 0 fully saturated rings. The summed E-state index contributed by atoms with van der Waals surface area (Å²) in [7, 11) is 0. The number of aromatic hydroxyl groups is 2. The molecule has 148 valence electrons. The van der Waals surface area contributed by atoms with Gasteiger partial charge < -0.3 is 25.9 Å². The zero-order valence-corrected chi connectivity index (χ0v) is 18.7. The van der Waals surface area contributed by atoms with Crippen LogP contribution in [0.1, 0.15) is 0 Å². The third-order valence-electron chi connectivity index (χ3n) is 3.56. The normalized spacial score (nSPS) is 9.33. The van der Waals surface area contributed by atoms with Gasteiger partial charge in [0.25, 0.3) is 0 Å². The van der Waals surface area contributed by atoms with Crippen LogP contribution in [0.4, 0.5) is 0 Å². The van der Waals surface area contributed by atoms with Crippen LogP contribution in [0.25, 0.3) is 22.8 Å². The summed E-state index contributed by atoms with van der Waals surface area (Å²) in [6.45, 7) is 0. The molecule has 0 aliphatic heterocycles. The Morgan fingerprint density at radius 1 is 0.533 bits per heavy atom. The second-order valence-corrected chi connectivity index (χ2v) is 5.44. The monoisotopic (exact) mass is 457 g/mol. The summed E-state index contributed by atoms with van der Waals surface area (Å²) >= 11 is 0. The van der Waals surface area contributed by atoms with Crippen LogP contribution in [-0.4, -0.2) is 30.1 Å². The summed E-state index contributed by atoms with van der Waals surface area (Å²) in [5, 5.41) is 41.6. The minimum Gasteiger partial charge on any atom is -0.871 e. The Labute approximate surface area is 184 Å². The van der Waals surface area contributed by atoms with E-state index in [9.17, 15) is 20.4 Å². The molecule has 9 nitrogen and oxygen atoms in total. The smallest absolute Gasteiger partial charge is 0.871 e. The van der Waals surface area contributed by atoms with Gasteiger partial charge in [-0.15, -0.1) is 0 Å². The van der Waals surface area contributed by atoms with Gasteiger partial charge in [0, 0.05) is 24.8 Å². The van der Waals surface area contributed by atoms with E-state index in [0.717, 1.165) is 0 Å². The van der Waals surface area contributed by atoms with Crippen LogP contribution < -0.4 is 10.2 Å². The van der Waals surface area contributed by atoms with Crippen molar-refractivity contribution in [1.29, 1.82) is 0 Å². The Bertz CT molecular complexity index is 924. The van der Waals surface area contributed by atoms with Crippen LogP contribution in [0.15, 0.2) is 73.3 Å². The fourth-order valence-corrected chi connectivity index (χ4v) is 2.30. The third-order valence-corrected chi connectivity index (χ3v) is 3.56. The summed E-state index contributed by atoms with van der Waals surface area (Å²) in [5.74, 6) is -0.574. The van der Waals surface area contributed by atoms with Crippen molar-refractivity contribution in [2.45, 2.75) is 0 Å². The molecule has 0 unspecified atom stereocenters. The van der Waals surface area contributed by atoms with Gasteiger partial charge in [0.15, 0.2) is 0 Å². The predicted molar refractivity (Wildman–Crippen MR) is 102 cm³/mol. The fraction of sp³-hybridized carbons (Fsp3) is 0. The maximum Gasteiger partial charge on any atom is 2.00 e. The molecular formula is C20H17N4O5Zn+. The first-order chi connectivity index (χ1) is 13.6. The first kappa shape index (κ1) is 24.4. The van der Waals surface area contributed by atoms with E-state index in [1.165, 1.54) is 49.1 Å². The van der Waals surface area contributed by atoms with Gasteiger partial charge in [0.2, 0.25) is 0 Å². The van der Waals surface area contributed by atoms with E-state index in [1.807, 2.05) is 0 Å². The molecule has 0 atom stereocenters. The quantitative estimate of drug-likeness (QED) is 0.329. The number of hydrogen-bond donors (Lipinski definition) is 2. The molecule has 30 heavy (non-hydrogen) atoms. The minimum atomic E-state index is -0.249. The molecule has 0 bridgehead atoms. The zero-order chi connectivity index (χ0) is 19.9. The van der Waals surface area contributed by atoms with Crippen LogP contribution in [0, 0.1) is 0 Å². The minimum absolute atomic E-state index is 0. The molecule has 10 heteroatoms. The van der Waals surface area contributed by atoms with Crippen molar-refractivity contribution in [2.75, 3.05) is 0 Å². The van der Waals surface area contributed by atoms with Crippen molar-refractivity contribution in [3.8, 4) is 45.8 Å². The maximum absolute atomic E-state index is 11.4. The molecule has 4 rings (SSSR count). The Balaban J connectivity index is 0.000000281. The molecule has 4 aromatic rings. The van der Waals surface area contributed by atoms with Crippen molar-refractivity contribution in [3.63, 3.8) is 0 Å². The average molecular weight is 459 g/mol. The van der Waals surface area contributed by atoms with Crippen molar-refractivity contribution in [2.24, 2.45) is 0 Å². The Morgan fingerprint density at radius 2 is 0.833 bits per heavy atom. The molecule has 0 aliphatic carbocycles. The van der Waals surface area contributed by atoms with Crippen molar-refractivity contribution < 1.29 is 45.4 Å². The number of rotatable bonds is 2. The maximum atomic E-state index is 11.4. The van der Waals surface area contributed by atoms with E-state index in [2.05, 4.69) is 19.9 Å². The van der Waals surface area contributed by atoms with Crippen molar-refractivity contribution in [1.82, 2.24) is 19.9 Å². The summed E-state index contributed by atoms with van der Waals surface area (Å²) < 4.78 is 0. The first-order valence-electron chi connectivity index (χ1n) is 8.10. The summed E-state index contributed by atoms with van der Waals surface area (Å²) in [6, 6.07) is 12.0. The largest absolute Gasteiger partial charge is 2.00 e. The van der Waals surface area contributed by atoms with E-state index in [0.29, 0.717) is 0 Å². The second kappa shape index (κ2) is 11.4. The standard InChI is InChI=1S/2C10H8N2O2.H2O.Zn/c2*13-7-3-1-5-11-9(7)10-8(14)4-2-6-12-10;;/h2*1-6,13-14H;1H2;/q;;;+2/p-1. The molecular weight excluding hydrogens is 442 g/mol. The third kappa shape index (κ3) is 5.70.